The maximum atomic E-state index is 14.1. The van der Waals surface area contributed by atoms with Crippen molar-refractivity contribution in [2.75, 3.05) is 0 Å². The third-order valence-corrected chi connectivity index (χ3v) is 13.0. The summed E-state index contributed by atoms with van der Waals surface area (Å²) in [7, 11) is 3.37. The van der Waals surface area contributed by atoms with Crippen molar-refractivity contribution in [3.8, 4) is 0 Å². The molecule has 10 atom stereocenters. The highest BCUT2D eigenvalue weighted by Crippen LogP contribution is 2.69. The Morgan fingerprint density at radius 2 is 1.44 bits per heavy atom. The van der Waals surface area contributed by atoms with Gasteiger partial charge in [0.1, 0.15) is 14.0 Å². The number of hydrogen-bond donors (Lipinski definition) is 4. The Bertz CT molecular complexity index is 800. The van der Waals surface area contributed by atoms with Crippen LogP contribution in [-0.4, -0.2) is 81.6 Å². The summed E-state index contributed by atoms with van der Waals surface area (Å²) in [6.45, 7) is 12.8. The number of ether oxygens (including phenoxy) is 1. The van der Waals surface area contributed by atoms with Gasteiger partial charge in [-0.1, -0.05) is 27.7 Å². The molecule has 0 spiro atoms. The first kappa shape index (κ1) is 32.3. The van der Waals surface area contributed by atoms with Gasteiger partial charge >= 0.3 is 7.60 Å². The van der Waals surface area contributed by atoms with Crippen LogP contribution < -0.4 is 0 Å². The van der Waals surface area contributed by atoms with Gasteiger partial charge < -0.3 is 34.0 Å². The molecule has 1 aliphatic rings. The minimum absolute atomic E-state index is 0.0359. The topological polar surface area (TPSA) is 143 Å². The number of aliphatic hydroxyl groups excluding tert-OH is 2. The van der Waals surface area contributed by atoms with Crippen LogP contribution in [0.1, 0.15) is 87.5 Å². The SMILES string of the molecule is [B][C@@H]1O[C@H](CC(C)(CC)OP([B])(=O)C(C)(CC)C(C)(CC)OP(=O)(O)[C@@](C)(O)CC)[C@@H](O)[C@H]1O. The van der Waals surface area contributed by atoms with Crippen LogP contribution in [-0.2, 0) is 22.9 Å². The molecule has 5 unspecified atom stereocenters. The molecule has 34 heavy (non-hydrogen) atoms. The van der Waals surface area contributed by atoms with Crippen LogP contribution in [0.15, 0.2) is 0 Å². The van der Waals surface area contributed by atoms with Crippen molar-refractivity contribution in [3.63, 3.8) is 0 Å². The summed E-state index contributed by atoms with van der Waals surface area (Å²) in [6, 6.07) is -1.06. The van der Waals surface area contributed by atoms with Gasteiger partial charge in [0.15, 0.2) is 12.6 Å². The molecule has 4 N–H and O–H groups in total. The van der Waals surface area contributed by atoms with Crippen molar-refractivity contribution in [1.82, 2.24) is 0 Å². The molecule has 1 rings (SSSR count). The fourth-order valence-corrected chi connectivity index (χ4v) is 7.99. The molecule has 0 aliphatic carbocycles. The van der Waals surface area contributed by atoms with Crippen molar-refractivity contribution in [2.24, 2.45) is 0 Å². The highest BCUT2D eigenvalue weighted by Gasteiger charge is 2.59. The smallest absolute Gasteiger partial charge is 0.359 e. The standard InChI is InChI=1S/C21H42B2O9P2/c1-9-18(5,13-14-15(24)16(25)17(22)30-14)31-33(23,27)20(7,11-3)19(6,10-2)32-34(28,29)21(8,26)12-4/h14-17,24-26H,9-13H2,1-8H3,(H,28,29)/t14-,15-,16-,17-,18?,19?,20?,21-,33?/m1/s1. The maximum absolute atomic E-state index is 14.1. The highest BCUT2D eigenvalue weighted by molar-refractivity contribution is 7.84. The molecule has 1 saturated heterocycles. The Balaban J connectivity index is 3.35. The number of aliphatic hydroxyl groups is 3. The molecule has 0 amide bonds. The van der Waals surface area contributed by atoms with Crippen LogP contribution in [0.4, 0.5) is 0 Å². The van der Waals surface area contributed by atoms with Gasteiger partial charge in [-0.3, -0.25) is 9.09 Å². The maximum Gasteiger partial charge on any atom is 0.359 e. The second kappa shape index (κ2) is 11.0. The summed E-state index contributed by atoms with van der Waals surface area (Å²) in [5.41, 5.74) is -2.66. The Morgan fingerprint density at radius 3 is 1.79 bits per heavy atom. The average molecular weight is 522 g/mol. The lowest BCUT2D eigenvalue weighted by Gasteiger charge is -2.51. The summed E-state index contributed by atoms with van der Waals surface area (Å²) in [6.07, 6.45) is -2.72. The summed E-state index contributed by atoms with van der Waals surface area (Å²) in [4.78, 5) is 10.6. The summed E-state index contributed by atoms with van der Waals surface area (Å²) in [5, 5.41) is 27.2. The molecule has 0 aromatic rings. The Kier molecular flexibility index (Phi) is 10.4. The predicted molar refractivity (Wildman–Crippen MR) is 133 cm³/mol. The normalized spacial score (nSPS) is 34.1. The van der Waals surface area contributed by atoms with E-state index in [2.05, 4.69) is 0 Å². The lowest BCUT2D eigenvalue weighted by Crippen LogP contribution is -2.53. The molecule has 1 fully saturated rings. The van der Waals surface area contributed by atoms with E-state index in [0.29, 0.717) is 6.42 Å². The first-order valence-corrected chi connectivity index (χ1v) is 15.1. The Labute approximate surface area is 207 Å². The Morgan fingerprint density at radius 1 is 0.912 bits per heavy atom. The van der Waals surface area contributed by atoms with E-state index >= 15 is 0 Å². The molecule has 13 heteroatoms. The van der Waals surface area contributed by atoms with Crippen LogP contribution in [0, 0.1) is 0 Å². The van der Waals surface area contributed by atoms with Crippen molar-refractivity contribution in [1.29, 1.82) is 0 Å². The van der Waals surface area contributed by atoms with Gasteiger partial charge in [-0.15, -0.1) is 0 Å². The molecule has 9 nitrogen and oxygen atoms in total. The molecular weight excluding hydrogens is 480 g/mol. The van der Waals surface area contributed by atoms with E-state index in [0.717, 1.165) is 0 Å². The molecule has 4 radical (unpaired) electrons. The van der Waals surface area contributed by atoms with Gasteiger partial charge in [0, 0.05) is 12.4 Å². The zero-order chi connectivity index (χ0) is 27.0. The molecule has 1 aliphatic heterocycles. The molecular formula is C21H42B2O9P2. The second-order valence-corrected chi connectivity index (χ2v) is 14.8. The van der Waals surface area contributed by atoms with Crippen LogP contribution in [0.5, 0.6) is 0 Å². The first-order chi connectivity index (χ1) is 15.2. The van der Waals surface area contributed by atoms with Crippen LogP contribution in [0.2, 0.25) is 0 Å². The monoisotopic (exact) mass is 522 g/mol. The largest absolute Gasteiger partial charge is 0.388 e. The molecule has 0 aromatic heterocycles. The van der Waals surface area contributed by atoms with Crippen LogP contribution in [0.25, 0.3) is 0 Å². The lowest BCUT2D eigenvalue weighted by atomic mass is 9.85. The van der Waals surface area contributed by atoms with Crippen LogP contribution >= 0.6 is 14.8 Å². The third-order valence-electron chi connectivity index (χ3n) is 7.93. The van der Waals surface area contributed by atoms with Gasteiger partial charge in [-0.25, -0.2) is 0 Å². The summed E-state index contributed by atoms with van der Waals surface area (Å²) >= 11 is 0. The van der Waals surface area contributed by atoms with E-state index in [1.807, 2.05) is 0 Å². The Hall–Kier alpha value is 0.310. The van der Waals surface area contributed by atoms with Crippen LogP contribution in [0.3, 0.4) is 0 Å². The van der Waals surface area contributed by atoms with Gasteiger partial charge in [0.25, 0.3) is 0 Å². The molecule has 0 bridgehead atoms. The average Bonchev–Trinajstić information content (AvgIpc) is 2.97. The number of hydrogen-bond acceptors (Lipinski definition) is 8. The number of rotatable bonds is 13. The minimum atomic E-state index is -4.59. The van der Waals surface area contributed by atoms with E-state index < -0.39 is 60.9 Å². The van der Waals surface area contributed by atoms with Crippen molar-refractivity contribution >= 4 is 30.3 Å². The van der Waals surface area contributed by atoms with Crippen molar-refractivity contribution in [2.45, 2.75) is 134 Å². The zero-order valence-corrected chi connectivity index (χ0v) is 23.5. The first-order valence-electron chi connectivity index (χ1n) is 11.8. The predicted octanol–water partition coefficient (Wildman–Crippen LogP) is 3.20. The van der Waals surface area contributed by atoms with E-state index in [-0.39, 0.29) is 25.7 Å². The van der Waals surface area contributed by atoms with Gasteiger partial charge in [-0.2, -0.15) is 0 Å². The van der Waals surface area contributed by atoms with Crippen molar-refractivity contribution in [3.05, 3.63) is 0 Å². The molecule has 196 valence electrons. The molecule has 0 saturated carbocycles. The fourth-order valence-electron chi connectivity index (χ4n) is 4.08. The molecule has 0 aromatic carbocycles. The van der Waals surface area contributed by atoms with E-state index in [1.54, 1.807) is 41.5 Å². The third kappa shape index (κ3) is 6.06. The zero-order valence-electron chi connectivity index (χ0n) is 21.7. The van der Waals surface area contributed by atoms with Gasteiger partial charge in [0.05, 0.1) is 28.6 Å². The summed E-state index contributed by atoms with van der Waals surface area (Å²) < 4.78 is 44.4. The van der Waals surface area contributed by atoms with E-state index in [4.69, 9.17) is 29.2 Å². The van der Waals surface area contributed by atoms with E-state index in [1.165, 1.54) is 13.8 Å². The van der Waals surface area contributed by atoms with Gasteiger partial charge in [-0.05, 0) is 53.4 Å². The molecule has 1 heterocycles. The second-order valence-electron chi connectivity index (χ2n) is 10.2. The fraction of sp³-hybridized carbons (Fsp3) is 1.00. The highest BCUT2D eigenvalue weighted by atomic mass is 31.2. The van der Waals surface area contributed by atoms with E-state index in [9.17, 15) is 29.3 Å². The summed E-state index contributed by atoms with van der Waals surface area (Å²) in [5.74, 6) is 0. The quantitative estimate of drug-likeness (QED) is 0.212. The lowest BCUT2D eigenvalue weighted by molar-refractivity contribution is -0.0386. The minimum Gasteiger partial charge on any atom is -0.388 e. The van der Waals surface area contributed by atoms with Gasteiger partial charge in [0.2, 0.25) is 7.57 Å². The van der Waals surface area contributed by atoms with Crippen molar-refractivity contribution < 1.29 is 43.1 Å².